The minimum Gasteiger partial charge on any atom is -0.267 e. The number of halogens is 4. The highest BCUT2D eigenvalue weighted by Gasteiger charge is 2.40. The van der Waals surface area contributed by atoms with Gasteiger partial charge in [-0.2, -0.15) is 18.3 Å². The number of rotatable bonds is 2. The van der Waals surface area contributed by atoms with Gasteiger partial charge in [0, 0.05) is 11.9 Å². The highest BCUT2D eigenvalue weighted by atomic mass is 35.5. The third-order valence-electron chi connectivity index (χ3n) is 4.59. The van der Waals surface area contributed by atoms with Crippen LogP contribution >= 0.6 is 22.9 Å². The summed E-state index contributed by atoms with van der Waals surface area (Å²) in [6.07, 6.45) is -2.22. The van der Waals surface area contributed by atoms with Crippen LogP contribution in [0.5, 0.6) is 0 Å². The first-order chi connectivity index (χ1) is 13.1. The molecule has 0 aromatic carbocycles. The predicted octanol–water partition coefficient (Wildman–Crippen LogP) is 3.04. The van der Waals surface area contributed by atoms with E-state index in [0.717, 1.165) is 39.1 Å². The molecule has 12 heteroatoms. The first-order valence-corrected chi connectivity index (χ1v) is 9.44. The Kier molecular flexibility index (Phi) is 4.27. The standard InChI is InChI=1S/C16H13ClF3N5O2S/c1-6-21-14-9(7-4-3-5-8(7)28-14)15(27)25(6)23-13(26)11-10(17)12(16(18,19)20)22-24(11)2/h3-5H2,1-2H3,(H,23,26). The molecule has 3 heterocycles. The molecule has 0 atom stereocenters. The summed E-state index contributed by atoms with van der Waals surface area (Å²) >= 11 is 7.20. The molecular formula is C16H13ClF3N5O2S. The zero-order valence-electron chi connectivity index (χ0n) is 14.6. The lowest BCUT2D eigenvalue weighted by molar-refractivity contribution is -0.141. The Balaban J connectivity index is 1.78. The van der Waals surface area contributed by atoms with E-state index in [9.17, 15) is 22.8 Å². The van der Waals surface area contributed by atoms with Gasteiger partial charge in [-0.3, -0.25) is 19.7 Å². The lowest BCUT2D eigenvalue weighted by Crippen LogP contribution is -2.36. The van der Waals surface area contributed by atoms with E-state index in [4.69, 9.17) is 11.6 Å². The average molecular weight is 432 g/mol. The normalized spacial score (nSPS) is 13.9. The van der Waals surface area contributed by atoms with Crippen molar-refractivity contribution in [1.82, 2.24) is 19.4 Å². The summed E-state index contributed by atoms with van der Waals surface area (Å²) in [6.45, 7) is 1.53. The van der Waals surface area contributed by atoms with Crippen LogP contribution in [-0.4, -0.2) is 25.3 Å². The molecule has 0 unspecified atom stereocenters. The molecule has 0 spiro atoms. The highest BCUT2D eigenvalue weighted by Crippen LogP contribution is 2.36. The van der Waals surface area contributed by atoms with Crippen LogP contribution in [0.4, 0.5) is 13.2 Å². The van der Waals surface area contributed by atoms with Crippen molar-refractivity contribution >= 4 is 39.1 Å². The maximum Gasteiger partial charge on any atom is 0.436 e. The van der Waals surface area contributed by atoms with Crippen LogP contribution in [0, 0.1) is 6.92 Å². The van der Waals surface area contributed by atoms with Crippen molar-refractivity contribution in [3.63, 3.8) is 0 Å². The number of hydrogen-bond donors (Lipinski definition) is 1. The Hall–Kier alpha value is -2.40. The van der Waals surface area contributed by atoms with E-state index in [1.165, 1.54) is 25.3 Å². The smallest absolute Gasteiger partial charge is 0.267 e. The molecule has 3 aromatic rings. The van der Waals surface area contributed by atoms with E-state index in [1.54, 1.807) is 0 Å². The maximum atomic E-state index is 13.0. The van der Waals surface area contributed by atoms with Gasteiger partial charge in [-0.15, -0.1) is 11.3 Å². The number of alkyl halides is 3. The lowest BCUT2D eigenvalue weighted by atomic mass is 10.2. The van der Waals surface area contributed by atoms with Crippen LogP contribution in [0.1, 0.15) is 38.9 Å². The van der Waals surface area contributed by atoms with Gasteiger partial charge in [-0.05, 0) is 31.7 Å². The zero-order valence-corrected chi connectivity index (χ0v) is 16.2. The molecular weight excluding hydrogens is 419 g/mol. The summed E-state index contributed by atoms with van der Waals surface area (Å²) < 4.78 is 40.6. The minimum absolute atomic E-state index is 0.208. The fraction of sp³-hybridized carbons (Fsp3) is 0.375. The molecule has 0 radical (unpaired) electrons. The summed E-state index contributed by atoms with van der Waals surface area (Å²) in [4.78, 5) is 31.6. The number of nitrogens with zero attached hydrogens (tertiary/aromatic N) is 4. The molecule has 0 saturated heterocycles. The third-order valence-corrected chi connectivity index (χ3v) is 6.14. The van der Waals surface area contributed by atoms with Gasteiger partial charge in [0.15, 0.2) is 5.69 Å². The van der Waals surface area contributed by atoms with Crippen molar-refractivity contribution in [2.45, 2.75) is 32.4 Å². The van der Waals surface area contributed by atoms with E-state index in [2.05, 4.69) is 15.5 Å². The van der Waals surface area contributed by atoms with Crippen LogP contribution in [0.25, 0.3) is 10.2 Å². The molecule has 1 aliphatic carbocycles. The minimum atomic E-state index is -4.81. The second-order valence-corrected chi connectivity index (χ2v) is 7.87. The molecule has 4 rings (SSSR count). The first-order valence-electron chi connectivity index (χ1n) is 8.24. The summed E-state index contributed by atoms with van der Waals surface area (Å²) in [5.74, 6) is -0.783. The molecule has 28 heavy (non-hydrogen) atoms. The number of carbonyl (C=O) groups excluding carboxylic acids is 1. The van der Waals surface area contributed by atoms with Gasteiger partial charge in [-0.25, -0.2) is 9.66 Å². The fourth-order valence-electron chi connectivity index (χ4n) is 3.36. The second-order valence-electron chi connectivity index (χ2n) is 6.41. The second kappa shape index (κ2) is 6.31. The van der Waals surface area contributed by atoms with Crippen molar-refractivity contribution in [1.29, 1.82) is 0 Å². The van der Waals surface area contributed by atoms with Crippen molar-refractivity contribution in [3.8, 4) is 0 Å². The van der Waals surface area contributed by atoms with E-state index in [0.29, 0.717) is 10.2 Å². The Bertz CT molecular complexity index is 1190. The van der Waals surface area contributed by atoms with Gasteiger partial charge in [0.2, 0.25) is 0 Å². The summed E-state index contributed by atoms with van der Waals surface area (Å²) in [5, 5.41) is 2.89. The summed E-state index contributed by atoms with van der Waals surface area (Å²) in [5.41, 5.74) is 0.901. The quantitative estimate of drug-likeness (QED) is 0.676. The first kappa shape index (κ1) is 18.9. The number of fused-ring (bicyclic) bond motifs is 3. The van der Waals surface area contributed by atoms with E-state index < -0.39 is 34.1 Å². The zero-order chi connectivity index (χ0) is 20.4. The number of aryl methyl sites for hydroxylation is 4. The van der Waals surface area contributed by atoms with Crippen molar-refractivity contribution in [3.05, 3.63) is 43.0 Å². The SMILES string of the molecule is Cc1nc2sc3c(c2c(=O)n1NC(=O)c1c(Cl)c(C(F)(F)F)nn1C)CCC3. The lowest BCUT2D eigenvalue weighted by Gasteiger charge is -2.11. The molecule has 0 aliphatic heterocycles. The fourth-order valence-corrected chi connectivity index (χ4v) is 5.01. The Morgan fingerprint density at radius 2 is 2.04 bits per heavy atom. The van der Waals surface area contributed by atoms with Crippen LogP contribution in [-0.2, 0) is 26.1 Å². The number of hydrogen-bond acceptors (Lipinski definition) is 5. The van der Waals surface area contributed by atoms with E-state index in [-0.39, 0.29) is 5.82 Å². The van der Waals surface area contributed by atoms with Gasteiger partial charge in [0.1, 0.15) is 21.4 Å². The summed E-state index contributed by atoms with van der Waals surface area (Å²) in [7, 11) is 1.17. The van der Waals surface area contributed by atoms with Gasteiger partial charge in [-0.1, -0.05) is 11.6 Å². The van der Waals surface area contributed by atoms with Gasteiger partial charge in [0.25, 0.3) is 11.5 Å². The summed E-state index contributed by atoms with van der Waals surface area (Å²) in [6, 6.07) is 0. The molecule has 1 N–H and O–H groups in total. The molecule has 1 aliphatic rings. The monoisotopic (exact) mass is 431 g/mol. The molecule has 0 bridgehead atoms. The van der Waals surface area contributed by atoms with Gasteiger partial charge < -0.3 is 0 Å². The Morgan fingerprint density at radius 3 is 2.68 bits per heavy atom. The number of carbonyl (C=O) groups is 1. The number of thiophene rings is 1. The van der Waals surface area contributed by atoms with Crippen molar-refractivity contribution in [2.24, 2.45) is 7.05 Å². The van der Waals surface area contributed by atoms with Crippen LogP contribution in [0.3, 0.4) is 0 Å². The third kappa shape index (κ3) is 2.80. The molecule has 7 nitrogen and oxygen atoms in total. The van der Waals surface area contributed by atoms with Crippen molar-refractivity contribution < 1.29 is 18.0 Å². The highest BCUT2D eigenvalue weighted by molar-refractivity contribution is 7.18. The molecule has 0 fully saturated rings. The number of nitrogens with one attached hydrogen (secondary N) is 1. The molecule has 148 valence electrons. The van der Waals surface area contributed by atoms with Crippen molar-refractivity contribution in [2.75, 3.05) is 5.43 Å². The number of amides is 1. The van der Waals surface area contributed by atoms with Gasteiger partial charge >= 0.3 is 6.18 Å². The molecule has 3 aromatic heterocycles. The van der Waals surface area contributed by atoms with Crippen LogP contribution in [0.2, 0.25) is 5.02 Å². The van der Waals surface area contributed by atoms with E-state index in [1.807, 2.05) is 0 Å². The van der Waals surface area contributed by atoms with Crippen LogP contribution < -0.4 is 11.0 Å². The average Bonchev–Trinajstić information content (AvgIpc) is 3.23. The largest absolute Gasteiger partial charge is 0.436 e. The molecule has 0 saturated carbocycles. The topological polar surface area (TPSA) is 81.8 Å². The molecule has 1 amide bonds. The number of aromatic nitrogens is 4. The predicted molar refractivity (Wildman–Crippen MR) is 97.6 cm³/mol. The van der Waals surface area contributed by atoms with E-state index >= 15 is 0 Å². The Morgan fingerprint density at radius 1 is 1.32 bits per heavy atom. The van der Waals surface area contributed by atoms with Crippen LogP contribution in [0.15, 0.2) is 4.79 Å². The maximum absolute atomic E-state index is 13.0. The Labute approximate surface area is 164 Å². The van der Waals surface area contributed by atoms with Gasteiger partial charge in [0.05, 0.1) is 5.39 Å².